The molecule has 0 atom stereocenters. The molecule has 98 valence electrons. The van der Waals surface area contributed by atoms with Gasteiger partial charge in [0, 0.05) is 10.6 Å². The Hall–Kier alpha value is -1.22. The third-order valence-electron chi connectivity index (χ3n) is 2.43. The van der Waals surface area contributed by atoms with E-state index < -0.39 is 5.97 Å². The summed E-state index contributed by atoms with van der Waals surface area (Å²) in [5.41, 5.74) is 0.469. The molecule has 5 heteroatoms. The number of esters is 1. The second kappa shape index (κ2) is 6.29. The van der Waals surface area contributed by atoms with E-state index in [1.54, 1.807) is 36.4 Å². The van der Waals surface area contributed by atoms with Crippen molar-refractivity contribution in [2.45, 2.75) is 6.42 Å². The van der Waals surface area contributed by atoms with E-state index in [1.807, 2.05) is 6.07 Å². The third kappa shape index (κ3) is 3.63. The van der Waals surface area contributed by atoms with Crippen LogP contribution in [-0.2, 0) is 11.2 Å². The van der Waals surface area contributed by atoms with E-state index >= 15 is 0 Å². The Labute approximate surface area is 125 Å². The van der Waals surface area contributed by atoms with Crippen LogP contribution in [0, 0.1) is 0 Å². The van der Waals surface area contributed by atoms with Crippen molar-refractivity contribution in [3.8, 4) is 5.75 Å². The zero-order valence-electron chi connectivity index (χ0n) is 9.70. The summed E-state index contributed by atoms with van der Waals surface area (Å²) in [6.07, 6.45) is -0.0346. The highest BCUT2D eigenvalue weighted by atomic mass is 35.5. The highest BCUT2D eigenvalue weighted by Crippen LogP contribution is 2.31. The molecule has 0 aliphatic heterocycles. The quantitative estimate of drug-likeness (QED) is 0.462. The zero-order valence-corrected chi connectivity index (χ0v) is 12.0. The van der Waals surface area contributed by atoms with Gasteiger partial charge in [-0.15, -0.1) is 0 Å². The fraction of sp³-hybridized carbons (Fsp3) is 0.0714. The average Bonchev–Trinajstić information content (AvgIpc) is 2.40. The number of halogens is 3. The molecule has 19 heavy (non-hydrogen) atoms. The normalized spacial score (nSPS) is 10.3. The molecule has 0 amide bonds. The Kier molecular flexibility index (Phi) is 4.70. The van der Waals surface area contributed by atoms with Gasteiger partial charge in [0.15, 0.2) is 0 Å². The van der Waals surface area contributed by atoms with E-state index in [0.29, 0.717) is 21.4 Å². The third-order valence-corrected chi connectivity index (χ3v) is 3.63. The molecule has 0 N–H and O–H groups in total. The number of rotatable bonds is 3. The number of carbonyl (C=O) groups excluding carboxylic acids is 1. The molecule has 0 spiro atoms. The lowest BCUT2D eigenvalue weighted by atomic mass is 10.1. The van der Waals surface area contributed by atoms with E-state index in [9.17, 15) is 4.79 Å². The summed E-state index contributed by atoms with van der Waals surface area (Å²) < 4.78 is 5.17. The SMILES string of the molecule is O=C(Cc1c(Cl)ccc(Cl)c1Cl)Oc1ccccc1. The van der Waals surface area contributed by atoms with E-state index in [4.69, 9.17) is 39.5 Å². The van der Waals surface area contributed by atoms with Crippen LogP contribution in [0.15, 0.2) is 42.5 Å². The summed E-state index contributed by atoms with van der Waals surface area (Å²) in [7, 11) is 0. The first kappa shape index (κ1) is 14.2. The molecule has 0 saturated heterocycles. The molecule has 0 saturated carbocycles. The monoisotopic (exact) mass is 314 g/mol. The highest BCUT2D eigenvalue weighted by molar-refractivity contribution is 6.44. The fourth-order valence-corrected chi connectivity index (χ4v) is 2.21. The smallest absolute Gasteiger partial charge is 0.315 e. The maximum Gasteiger partial charge on any atom is 0.315 e. The van der Waals surface area contributed by atoms with Crippen molar-refractivity contribution in [2.24, 2.45) is 0 Å². The van der Waals surface area contributed by atoms with Crippen LogP contribution < -0.4 is 4.74 Å². The lowest BCUT2D eigenvalue weighted by Crippen LogP contribution is -2.12. The minimum atomic E-state index is -0.447. The zero-order chi connectivity index (χ0) is 13.8. The van der Waals surface area contributed by atoms with Crippen molar-refractivity contribution in [2.75, 3.05) is 0 Å². The van der Waals surface area contributed by atoms with Gasteiger partial charge in [0.1, 0.15) is 5.75 Å². The molecular weight excluding hydrogens is 307 g/mol. The topological polar surface area (TPSA) is 26.3 Å². The fourth-order valence-electron chi connectivity index (χ4n) is 1.53. The molecule has 2 nitrogen and oxygen atoms in total. The molecular formula is C14H9Cl3O2. The standard InChI is InChI=1S/C14H9Cl3O2/c15-11-6-7-12(16)14(17)10(11)8-13(18)19-9-4-2-1-3-5-9/h1-7H,8H2. The van der Waals surface area contributed by atoms with Gasteiger partial charge in [0.05, 0.1) is 16.5 Å². The summed E-state index contributed by atoms with van der Waals surface area (Å²) >= 11 is 17.9. The second-order valence-corrected chi connectivity index (χ2v) is 4.98. The second-order valence-electron chi connectivity index (χ2n) is 3.79. The van der Waals surface area contributed by atoms with Gasteiger partial charge in [0.25, 0.3) is 0 Å². The van der Waals surface area contributed by atoms with Gasteiger partial charge in [-0.1, -0.05) is 53.0 Å². The Morgan fingerprint density at radius 1 is 0.947 bits per heavy atom. The van der Waals surface area contributed by atoms with E-state index in [0.717, 1.165) is 0 Å². The molecule has 0 heterocycles. The maximum atomic E-state index is 11.8. The van der Waals surface area contributed by atoms with E-state index in [1.165, 1.54) is 0 Å². The summed E-state index contributed by atoms with van der Waals surface area (Å²) in [6, 6.07) is 12.0. The minimum Gasteiger partial charge on any atom is -0.426 e. The number of carbonyl (C=O) groups is 1. The van der Waals surface area contributed by atoms with Gasteiger partial charge in [-0.05, 0) is 24.3 Å². The van der Waals surface area contributed by atoms with Crippen LogP contribution >= 0.6 is 34.8 Å². The number of para-hydroxylation sites is 1. The summed E-state index contributed by atoms with van der Waals surface area (Å²) in [4.78, 5) is 11.8. The first-order chi connectivity index (χ1) is 9.08. The van der Waals surface area contributed by atoms with Gasteiger partial charge in [-0.3, -0.25) is 4.79 Å². The molecule has 0 aliphatic rings. The Morgan fingerprint density at radius 3 is 2.26 bits per heavy atom. The molecule has 0 aliphatic carbocycles. The lowest BCUT2D eigenvalue weighted by molar-refractivity contribution is -0.133. The van der Waals surface area contributed by atoms with Crippen molar-refractivity contribution in [1.82, 2.24) is 0 Å². The molecule has 0 aromatic heterocycles. The maximum absolute atomic E-state index is 11.8. The average molecular weight is 316 g/mol. The molecule has 0 radical (unpaired) electrons. The number of hydrogen-bond acceptors (Lipinski definition) is 2. The number of hydrogen-bond donors (Lipinski definition) is 0. The largest absolute Gasteiger partial charge is 0.426 e. The molecule has 2 aromatic carbocycles. The van der Waals surface area contributed by atoms with Crippen LogP contribution in [-0.4, -0.2) is 5.97 Å². The summed E-state index contributed by atoms with van der Waals surface area (Å²) in [6.45, 7) is 0. The Balaban J connectivity index is 2.14. The summed E-state index contributed by atoms with van der Waals surface area (Å²) in [5.74, 6) is 0.0269. The van der Waals surface area contributed by atoms with Crippen molar-refractivity contribution in [3.63, 3.8) is 0 Å². The molecule has 0 bridgehead atoms. The van der Waals surface area contributed by atoms with Gasteiger partial charge in [-0.25, -0.2) is 0 Å². The Morgan fingerprint density at radius 2 is 1.58 bits per heavy atom. The van der Waals surface area contributed by atoms with Crippen molar-refractivity contribution in [3.05, 3.63) is 63.1 Å². The van der Waals surface area contributed by atoms with E-state index in [-0.39, 0.29) is 11.4 Å². The highest BCUT2D eigenvalue weighted by Gasteiger charge is 2.15. The van der Waals surface area contributed by atoms with E-state index in [2.05, 4.69) is 0 Å². The van der Waals surface area contributed by atoms with Crippen molar-refractivity contribution >= 4 is 40.8 Å². The van der Waals surface area contributed by atoms with Crippen LogP contribution in [0.4, 0.5) is 0 Å². The van der Waals surface area contributed by atoms with Crippen molar-refractivity contribution < 1.29 is 9.53 Å². The Bertz CT molecular complexity index is 597. The van der Waals surface area contributed by atoms with Gasteiger partial charge in [-0.2, -0.15) is 0 Å². The first-order valence-corrected chi connectivity index (χ1v) is 6.59. The first-order valence-electron chi connectivity index (χ1n) is 5.46. The van der Waals surface area contributed by atoms with Crippen molar-refractivity contribution in [1.29, 1.82) is 0 Å². The molecule has 2 aromatic rings. The summed E-state index contributed by atoms with van der Waals surface area (Å²) in [5, 5.41) is 1.02. The van der Waals surface area contributed by atoms with Crippen LogP contribution in [0.1, 0.15) is 5.56 Å². The van der Waals surface area contributed by atoms with Crippen LogP contribution in [0.25, 0.3) is 0 Å². The number of ether oxygens (including phenoxy) is 1. The number of benzene rings is 2. The molecule has 2 rings (SSSR count). The van der Waals surface area contributed by atoms with Crippen LogP contribution in [0.5, 0.6) is 5.75 Å². The minimum absolute atomic E-state index is 0.0346. The molecule has 0 fully saturated rings. The van der Waals surface area contributed by atoms with Gasteiger partial charge < -0.3 is 4.74 Å². The molecule has 0 unspecified atom stereocenters. The van der Waals surface area contributed by atoms with Gasteiger partial charge >= 0.3 is 5.97 Å². The predicted octanol–water partition coefficient (Wildman–Crippen LogP) is 4.79. The predicted molar refractivity (Wildman–Crippen MR) is 77.3 cm³/mol. The lowest BCUT2D eigenvalue weighted by Gasteiger charge is -2.08. The van der Waals surface area contributed by atoms with Gasteiger partial charge in [0.2, 0.25) is 0 Å². The van der Waals surface area contributed by atoms with Crippen LogP contribution in [0.3, 0.4) is 0 Å². The van der Waals surface area contributed by atoms with Crippen LogP contribution in [0.2, 0.25) is 15.1 Å².